The van der Waals surface area contributed by atoms with Gasteiger partial charge in [0.15, 0.2) is 0 Å². The zero-order valence-electron chi connectivity index (χ0n) is 10.5. The van der Waals surface area contributed by atoms with Gasteiger partial charge in [-0.05, 0) is 33.2 Å². The molecule has 0 aromatic carbocycles. The predicted molar refractivity (Wildman–Crippen MR) is 62.6 cm³/mol. The van der Waals surface area contributed by atoms with Crippen LogP contribution in [0.3, 0.4) is 0 Å². The van der Waals surface area contributed by atoms with Gasteiger partial charge >= 0.3 is 5.97 Å². The molecule has 1 rings (SSSR count). The summed E-state index contributed by atoms with van der Waals surface area (Å²) in [6, 6.07) is 0.335. The van der Waals surface area contributed by atoms with Gasteiger partial charge in [-0.15, -0.1) is 0 Å². The maximum Gasteiger partial charge on any atom is 0.323 e. The third-order valence-electron chi connectivity index (χ3n) is 3.71. The van der Waals surface area contributed by atoms with Crippen molar-refractivity contribution in [1.29, 1.82) is 0 Å². The number of ether oxygens (including phenoxy) is 1. The SMILES string of the molecule is CCCC(C)(C(=O)O)N(C)C1CCOCC1. The normalized spacial score (nSPS) is 22.0. The van der Waals surface area contributed by atoms with Crippen molar-refractivity contribution in [3.05, 3.63) is 0 Å². The van der Waals surface area contributed by atoms with E-state index in [4.69, 9.17) is 4.74 Å². The number of carbonyl (C=O) groups is 1. The lowest BCUT2D eigenvalue weighted by Gasteiger charge is -2.42. The fraction of sp³-hybridized carbons (Fsp3) is 0.917. The van der Waals surface area contributed by atoms with Crippen molar-refractivity contribution in [3.63, 3.8) is 0 Å². The van der Waals surface area contributed by atoms with Crippen molar-refractivity contribution < 1.29 is 14.6 Å². The van der Waals surface area contributed by atoms with Gasteiger partial charge < -0.3 is 9.84 Å². The third-order valence-corrected chi connectivity index (χ3v) is 3.71. The molecule has 1 unspecified atom stereocenters. The first-order valence-electron chi connectivity index (χ1n) is 6.06. The molecule has 1 aliphatic heterocycles. The van der Waals surface area contributed by atoms with Crippen LogP contribution in [0.4, 0.5) is 0 Å². The summed E-state index contributed by atoms with van der Waals surface area (Å²) >= 11 is 0. The summed E-state index contributed by atoms with van der Waals surface area (Å²) < 4.78 is 5.31. The molecule has 0 saturated carbocycles. The van der Waals surface area contributed by atoms with E-state index in [1.165, 1.54) is 0 Å². The second-order valence-corrected chi connectivity index (χ2v) is 4.78. The third kappa shape index (κ3) is 2.74. The molecule has 1 heterocycles. The summed E-state index contributed by atoms with van der Waals surface area (Å²) in [4.78, 5) is 13.5. The van der Waals surface area contributed by atoms with Crippen LogP contribution in [0, 0.1) is 0 Å². The largest absolute Gasteiger partial charge is 0.480 e. The highest BCUT2D eigenvalue weighted by Gasteiger charge is 2.40. The van der Waals surface area contributed by atoms with Crippen LogP contribution < -0.4 is 0 Å². The minimum absolute atomic E-state index is 0.335. The van der Waals surface area contributed by atoms with Gasteiger partial charge in [0.2, 0.25) is 0 Å². The Hall–Kier alpha value is -0.610. The molecule has 0 aromatic rings. The first kappa shape index (κ1) is 13.5. The lowest BCUT2D eigenvalue weighted by molar-refractivity contribution is -0.153. The molecule has 0 aliphatic carbocycles. The average Bonchev–Trinajstić information content (AvgIpc) is 2.29. The van der Waals surface area contributed by atoms with E-state index in [-0.39, 0.29) is 0 Å². The topological polar surface area (TPSA) is 49.8 Å². The van der Waals surface area contributed by atoms with E-state index >= 15 is 0 Å². The summed E-state index contributed by atoms with van der Waals surface area (Å²) in [5.74, 6) is -0.719. The Morgan fingerprint density at radius 1 is 1.50 bits per heavy atom. The number of rotatable bonds is 5. The van der Waals surface area contributed by atoms with E-state index in [0.29, 0.717) is 12.5 Å². The minimum Gasteiger partial charge on any atom is -0.480 e. The quantitative estimate of drug-likeness (QED) is 0.780. The molecule has 1 saturated heterocycles. The van der Waals surface area contributed by atoms with Crippen LogP contribution in [0.15, 0.2) is 0 Å². The van der Waals surface area contributed by atoms with E-state index in [9.17, 15) is 9.90 Å². The van der Waals surface area contributed by atoms with Crippen LogP contribution in [0.5, 0.6) is 0 Å². The number of hydrogen-bond acceptors (Lipinski definition) is 3. The van der Waals surface area contributed by atoms with E-state index in [1.54, 1.807) is 0 Å². The molecule has 0 bridgehead atoms. The summed E-state index contributed by atoms with van der Waals surface area (Å²) in [7, 11) is 1.93. The van der Waals surface area contributed by atoms with Gasteiger partial charge in [0, 0.05) is 19.3 Å². The Labute approximate surface area is 97.6 Å². The van der Waals surface area contributed by atoms with Gasteiger partial charge in [0.05, 0.1) is 0 Å². The van der Waals surface area contributed by atoms with Crippen molar-refractivity contribution in [3.8, 4) is 0 Å². The number of carboxylic acids is 1. The fourth-order valence-corrected chi connectivity index (χ4v) is 2.40. The Kier molecular flexibility index (Phi) is 4.74. The van der Waals surface area contributed by atoms with Crippen molar-refractivity contribution in [2.24, 2.45) is 0 Å². The van der Waals surface area contributed by atoms with Gasteiger partial charge in [-0.1, -0.05) is 13.3 Å². The molecule has 0 radical (unpaired) electrons. The van der Waals surface area contributed by atoms with Crippen LogP contribution in [-0.2, 0) is 9.53 Å². The lowest BCUT2D eigenvalue weighted by atomic mass is 9.91. The van der Waals surface area contributed by atoms with Crippen molar-refractivity contribution >= 4 is 5.97 Å². The molecule has 1 N–H and O–H groups in total. The molecular weight excluding hydrogens is 206 g/mol. The summed E-state index contributed by atoms with van der Waals surface area (Å²) in [6.45, 7) is 5.35. The van der Waals surface area contributed by atoms with Gasteiger partial charge in [0.1, 0.15) is 5.54 Å². The maximum absolute atomic E-state index is 11.4. The number of aliphatic carboxylic acids is 1. The molecule has 4 nitrogen and oxygen atoms in total. The first-order valence-corrected chi connectivity index (χ1v) is 6.06. The smallest absolute Gasteiger partial charge is 0.323 e. The molecule has 0 spiro atoms. The molecule has 1 atom stereocenters. The van der Waals surface area contributed by atoms with Crippen LogP contribution in [-0.4, -0.2) is 47.8 Å². The van der Waals surface area contributed by atoms with Gasteiger partial charge in [-0.3, -0.25) is 9.69 Å². The average molecular weight is 229 g/mol. The zero-order chi connectivity index (χ0) is 12.2. The number of nitrogens with zero attached hydrogens (tertiary/aromatic N) is 1. The minimum atomic E-state index is -0.739. The highest BCUT2D eigenvalue weighted by molar-refractivity contribution is 5.78. The molecular formula is C12H23NO3. The molecule has 4 heteroatoms. The Morgan fingerprint density at radius 2 is 2.06 bits per heavy atom. The standard InChI is InChI=1S/C12H23NO3/c1-4-7-12(2,11(14)15)13(3)10-5-8-16-9-6-10/h10H,4-9H2,1-3H3,(H,14,15). The van der Waals surface area contributed by atoms with E-state index in [1.807, 2.05) is 25.8 Å². The molecule has 94 valence electrons. The van der Waals surface area contributed by atoms with E-state index in [0.717, 1.165) is 32.5 Å². The van der Waals surface area contributed by atoms with Crippen LogP contribution in [0.2, 0.25) is 0 Å². The number of likely N-dealkylation sites (N-methyl/N-ethyl adjacent to an activating group) is 1. The summed E-state index contributed by atoms with van der Waals surface area (Å²) in [5.41, 5.74) is -0.739. The fourth-order valence-electron chi connectivity index (χ4n) is 2.40. The van der Waals surface area contributed by atoms with Crippen LogP contribution >= 0.6 is 0 Å². The number of hydrogen-bond donors (Lipinski definition) is 1. The Bertz CT molecular complexity index is 238. The molecule has 0 aromatic heterocycles. The van der Waals surface area contributed by atoms with Crippen molar-refractivity contribution in [1.82, 2.24) is 4.90 Å². The van der Waals surface area contributed by atoms with Crippen LogP contribution in [0.1, 0.15) is 39.5 Å². The second-order valence-electron chi connectivity index (χ2n) is 4.78. The van der Waals surface area contributed by atoms with Gasteiger partial charge in [-0.2, -0.15) is 0 Å². The van der Waals surface area contributed by atoms with Crippen molar-refractivity contribution in [2.75, 3.05) is 20.3 Å². The maximum atomic E-state index is 11.4. The Balaban J connectivity index is 2.72. The molecule has 16 heavy (non-hydrogen) atoms. The first-order chi connectivity index (χ1) is 7.52. The highest BCUT2D eigenvalue weighted by Crippen LogP contribution is 2.26. The molecule has 0 amide bonds. The predicted octanol–water partition coefficient (Wildman–Crippen LogP) is 1.74. The van der Waals surface area contributed by atoms with Crippen LogP contribution in [0.25, 0.3) is 0 Å². The second kappa shape index (κ2) is 5.64. The summed E-state index contributed by atoms with van der Waals surface area (Å²) in [5, 5.41) is 9.39. The van der Waals surface area contributed by atoms with Crippen molar-refractivity contribution in [2.45, 2.75) is 51.1 Å². The van der Waals surface area contributed by atoms with E-state index in [2.05, 4.69) is 0 Å². The Morgan fingerprint density at radius 3 is 2.50 bits per heavy atom. The lowest BCUT2D eigenvalue weighted by Crippen LogP contribution is -2.55. The molecule has 1 aliphatic rings. The summed E-state index contributed by atoms with van der Waals surface area (Å²) in [6.07, 6.45) is 3.44. The van der Waals surface area contributed by atoms with E-state index < -0.39 is 11.5 Å². The number of carboxylic acid groups (broad SMARTS) is 1. The monoisotopic (exact) mass is 229 g/mol. The van der Waals surface area contributed by atoms with Gasteiger partial charge in [-0.25, -0.2) is 0 Å². The zero-order valence-corrected chi connectivity index (χ0v) is 10.5. The highest BCUT2D eigenvalue weighted by atomic mass is 16.5. The van der Waals surface area contributed by atoms with Gasteiger partial charge in [0.25, 0.3) is 0 Å². The molecule has 1 fully saturated rings.